The highest BCUT2D eigenvalue weighted by Gasteiger charge is 2.29. The first-order valence-electron chi connectivity index (χ1n) is 13.0. The number of halogens is 1. The molecule has 1 aromatic heterocycles. The minimum absolute atomic E-state index is 0.168. The average molecular weight is 520 g/mol. The van der Waals surface area contributed by atoms with Gasteiger partial charge in [-0.25, -0.2) is 0 Å². The van der Waals surface area contributed by atoms with Crippen molar-refractivity contribution >= 4 is 23.2 Å². The average Bonchev–Trinajstić information content (AvgIpc) is 3.15. The number of H-pyrrole nitrogens is 1. The van der Waals surface area contributed by atoms with E-state index in [4.69, 9.17) is 16.3 Å². The molecule has 1 amide bonds. The minimum Gasteiger partial charge on any atom is -0.383 e. The van der Waals surface area contributed by atoms with Crippen molar-refractivity contribution in [1.82, 2.24) is 20.0 Å². The number of aromatic nitrogens is 2. The van der Waals surface area contributed by atoms with E-state index in [0.29, 0.717) is 34.8 Å². The molecule has 2 aromatic rings. The Morgan fingerprint density at radius 3 is 2.44 bits per heavy atom. The number of anilines is 1. The van der Waals surface area contributed by atoms with Crippen LogP contribution in [-0.2, 0) is 17.8 Å². The summed E-state index contributed by atoms with van der Waals surface area (Å²) in [6.45, 7) is 11.4. The predicted octanol–water partition coefficient (Wildman–Crippen LogP) is 4.11. The summed E-state index contributed by atoms with van der Waals surface area (Å²) < 4.78 is 7.03. The number of hydrogen-bond donors (Lipinski definition) is 2. The van der Waals surface area contributed by atoms with E-state index in [1.807, 2.05) is 26.8 Å². The first-order chi connectivity index (χ1) is 17.2. The number of methoxy groups -OCH3 is 1. The molecule has 0 saturated heterocycles. The molecule has 8 nitrogen and oxygen atoms in total. The fraction of sp³-hybridized carbons (Fsp3) is 0.630. The van der Waals surface area contributed by atoms with Crippen molar-refractivity contribution in [3.63, 3.8) is 0 Å². The Kier molecular flexibility index (Phi) is 10.0. The molecule has 1 heterocycles. The predicted molar refractivity (Wildman–Crippen MR) is 146 cm³/mol. The fourth-order valence-corrected chi connectivity index (χ4v) is 5.65. The van der Waals surface area contributed by atoms with Gasteiger partial charge in [0.2, 0.25) is 0 Å². The number of carbonyl (C=O) groups excluding carboxylic acids is 1. The van der Waals surface area contributed by atoms with E-state index in [9.17, 15) is 9.59 Å². The Hall–Kier alpha value is -2.29. The van der Waals surface area contributed by atoms with Crippen LogP contribution >= 0.6 is 11.6 Å². The van der Waals surface area contributed by atoms with E-state index < -0.39 is 0 Å². The van der Waals surface area contributed by atoms with Gasteiger partial charge in [-0.1, -0.05) is 11.6 Å². The molecule has 0 spiro atoms. The van der Waals surface area contributed by atoms with Crippen molar-refractivity contribution in [3.8, 4) is 0 Å². The van der Waals surface area contributed by atoms with Gasteiger partial charge in [0.1, 0.15) is 0 Å². The standard InChI is InChI=1S/C27H42ClN5O3/c1-7-32(22-11-9-21(10-12-22)31(5)13-14-36-6)25-16-20(28)15-23(18(25)3)26(34)29-17-24-19(4)33(8-2)30-27(24)35/h15-16,21-22H,7-14,17H2,1-6H3,(H,29,34)(H,30,35). The molecule has 0 unspecified atom stereocenters. The normalized spacial score (nSPS) is 18.0. The topological polar surface area (TPSA) is 82.6 Å². The molecule has 200 valence electrons. The van der Waals surface area contributed by atoms with Crippen LogP contribution in [0.1, 0.15) is 66.7 Å². The van der Waals surface area contributed by atoms with Gasteiger partial charge in [0.15, 0.2) is 0 Å². The number of benzene rings is 1. The number of aryl methyl sites for hydroxylation is 1. The molecule has 0 radical (unpaired) electrons. The van der Waals surface area contributed by atoms with Crippen molar-refractivity contribution in [1.29, 1.82) is 0 Å². The molecule has 1 saturated carbocycles. The highest BCUT2D eigenvalue weighted by atomic mass is 35.5. The van der Waals surface area contributed by atoms with Crippen molar-refractivity contribution in [3.05, 3.63) is 49.9 Å². The summed E-state index contributed by atoms with van der Waals surface area (Å²) >= 11 is 6.53. The molecule has 0 bridgehead atoms. The van der Waals surface area contributed by atoms with Crippen LogP contribution in [0.2, 0.25) is 5.02 Å². The highest BCUT2D eigenvalue weighted by Crippen LogP contribution is 2.34. The number of amides is 1. The van der Waals surface area contributed by atoms with E-state index in [-0.39, 0.29) is 18.0 Å². The first-order valence-corrected chi connectivity index (χ1v) is 13.4. The fourth-order valence-electron chi connectivity index (χ4n) is 5.44. The minimum atomic E-state index is -0.223. The van der Waals surface area contributed by atoms with Gasteiger partial charge in [0.25, 0.3) is 11.5 Å². The zero-order valence-corrected chi connectivity index (χ0v) is 23.4. The quantitative estimate of drug-likeness (QED) is 0.467. The third-order valence-corrected chi connectivity index (χ3v) is 7.93. The van der Waals surface area contributed by atoms with Crippen LogP contribution in [0.4, 0.5) is 5.69 Å². The second-order valence-electron chi connectivity index (χ2n) is 9.75. The van der Waals surface area contributed by atoms with Crippen LogP contribution in [0.3, 0.4) is 0 Å². The lowest BCUT2D eigenvalue weighted by molar-refractivity contribution is 0.0950. The molecule has 0 atom stereocenters. The third kappa shape index (κ3) is 6.33. The van der Waals surface area contributed by atoms with Crippen LogP contribution in [0.15, 0.2) is 16.9 Å². The van der Waals surface area contributed by atoms with Gasteiger partial charge in [0.05, 0.1) is 18.7 Å². The molecule has 1 aliphatic rings. The summed E-state index contributed by atoms with van der Waals surface area (Å²) in [5, 5.41) is 6.28. The Morgan fingerprint density at radius 1 is 1.19 bits per heavy atom. The maximum absolute atomic E-state index is 13.2. The number of hydrogen-bond acceptors (Lipinski definition) is 5. The van der Waals surface area contributed by atoms with E-state index in [2.05, 4.69) is 34.2 Å². The molecular weight excluding hydrogens is 478 g/mol. The Bertz CT molecular complexity index is 1090. The summed E-state index contributed by atoms with van der Waals surface area (Å²) in [6.07, 6.45) is 4.47. The summed E-state index contributed by atoms with van der Waals surface area (Å²) in [5.74, 6) is -0.223. The van der Waals surface area contributed by atoms with Gasteiger partial charge in [-0.15, -0.1) is 0 Å². The van der Waals surface area contributed by atoms with Crippen molar-refractivity contribution in [2.45, 2.75) is 78.6 Å². The molecular formula is C27H42ClN5O3. The largest absolute Gasteiger partial charge is 0.383 e. The Labute approximate surface area is 219 Å². The lowest BCUT2D eigenvalue weighted by Gasteiger charge is -2.41. The number of aromatic amines is 1. The number of likely N-dealkylation sites (N-methyl/N-ethyl adjacent to an activating group) is 1. The molecule has 0 aliphatic heterocycles. The van der Waals surface area contributed by atoms with E-state index >= 15 is 0 Å². The number of nitrogens with zero attached hydrogens (tertiary/aromatic N) is 3. The van der Waals surface area contributed by atoms with Crippen molar-refractivity contribution < 1.29 is 9.53 Å². The molecule has 1 aliphatic carbocycles. The molecule has 1 fully saturated rings. The lowest BCUT2D eigenvalue weighted by Crippen LogP contribution is -2.44. The number of nitrogens with one attached hydrogen (secondary N) is 2. The second kappa shape index (κ2) is 12.8. The first kappa shape index (κ1) is 28.3. The second-order valence-corrected chi connectivity index (χ2v) is 10.2. The monoisotopic (exact) mass is 519 g/mol. The maximum Gasteiger partial charge on any atom is 0.269 e. The van der Waals surface area contributed by atoms with Crippen LogP contribution in [-0.4, -0.2) is 66.5 Å². The summed E-state index contributed by atoms with van der Waals surface area (Å²) in [5.41, 5.74) is 3.72. The Balaban J connectivity index is 1.74. The van der Waals surface area contributed by atoms with E-state index in [1.165, 1.54) is 0 Å². The van der Waals surface area contributed by atoms with Crippen LogP contribution in [0, 0.1) is 13.8 Å². The Morgan fingerprint density at radius 2 is 1.86 bits per heavy atom. The van der Waals surface area contributed by atoms with Gasteiger partial charge in [-0.2, -0.15) is 0 Å². The van der Waals surface area contributed by atoms with Crippen molar-refractivity contribution in [2.24, 2.45) is 0 Å². The number of rotatable bonds is 11. The lowest BCUT2D eigenvalue weighted by atomic mass is 9.88. The molecule has 36 heavy (non-hydrogen) atoms. The molecule has 9 heteroatoms. The molecule has 2 N–H and O–H groups in total. The van der Waals surface area contributed by atoms with Crippen LogP contribution < -0.4 is 15.8 Å². The van der Waals surface area contributed by atoms with E-state index in [0.717, 1.165) is 62.3 Å². The van der Waals surface area contributed by atoms with Crippen LogP contribution in [0.5, 0.6) is 0 Å². The summed E-state index contributed by atoms with van der Waals surface area (Å²) in [7, 11) is 3.93. The van der Waals surface area contributed by atoms with Gasteiger partial charge in [-0.3, -0.25) is 19.4 Å². The highest BCUT2D eigenvalue weighted by molar-refractivity contribution is 6.31. The van der Waals surface area contributed by atoms with Crippen molar-refractivity contribution in [2.75, 3.05) is 38.8 Å². The molecule has 3 rings (SSSR count). The number of carbonyl (C=O) groups is 1. The zero-order chi connectivity index (χ0) is 26.4. The third-order valence-electron chi connectivity index (χ3n) is 7.71. The van der Waals surface area contributed by atoms with Gasteiger partial charge < -0.3 is 19.9 Å². The number of ether oxygens (including phenoxy) is 1. The maximum atomic E-state index is 13.2. The van der Waals surface area contributed by atoms with Crippen LogP contribution in [0.25, 0.3) is 0 Å². The zero-order valence-electron chi connectivity index (χ0n) is 22.6. The van der Waals surface area contributed by atoms with E-state index in [1.54, 1.807) is 17.9 Å². The van der Waals surface area contributed by atoms with Gasteiger partial charge in [-0.05, 0) is 78.1 Å². The summed E-state index contributed by atoms with van der Waals surface area (Å²) in [6, 6.07) is 4.68. The smallest absolute Gasteiger partial charge is 0.269 e. The summed E-state index contributed by atoms with van der Waals surface area (Å²) in [4.78, 5) is 30.3. The van der Waals surface area contributed by atoms with Gasteiger partial charge >= 0.3 is 0 Å². The SMILES string of the molecule is CCN(c1cc(Cl)cc(C(=O)NCc2c(C)n(CC)[nH]c2=O)c1C)C1CCC(N(C)CCOC)CC1. The molecule has 1 aromatic carbocycles. The van der Waals surface area contributed by atoms with Gasteiger partial charge in [0, 0.05) is 60.8 Å².